The number of hydrogen-bond donors (Lipinski definition) is 1. The molecule has 90 valence electrons. The van der Waals surface area contributed by atoms with Gasteiger partial charge in [0.15, 0.2) is 5.82 Å². The van der Waals surface area contributed by atoms with E-state index < -0.39 is 0 Å². The standard InChI is InChI=1S/C11H13N3O3/c12-4-9-3-8(6-16-9)11-13-10(14-17-11)7-1-2-15-5-7/h3,6-7H,1-2,4-5,12H2. The van der Waals surface area contributed by atoms with Gasteiger partial charge in [0.25, 0.3) is 5.89 Å². The normalized spacial score (nSPS) is 19.9. The Balaban J connectivity index is 1.83. The summed E-state index contributed by atoms with van der Waals surface area (Å²) in [4.78, 5) is 4.35. The minimum atomic E-state index is 0.244. The first-order valence-corrected chi connectivity index (χ1v) is 5.56. The summed E-state index contributed by atoms with van der Waals surface area (Å²) in [6.45, 7) is 1.79. The van der Waals surface area contributed by atoms with Gasteiger partial charge in [-0.3, -0.25) is 0 Å². The monoisotopic (exact) mass is 235 g/mol. The third kappa shape index (κ3) is 1.96. The van der Waals surface area contributed by atoms with Crippen molar-refractivity contribution < 1.29 is 13.7 Å². The molecule has 0 aromatic carbocycles. The molecule has 6 heteroatoms. The Bertz CT molecular complexity index is 500. The van der Waals surface area contributed by atoms with Crippen molar-refractivity contribution in [2.24, 2.45) is 5.73 Å². The molecule has 1 saturated heterocycles. The van der Waals surface area contributed by atoms with E-state index in [4.69, 9.17) is 19.4 Å². The summed E-state index contributed by atoms with van der Waals surface area (Å²) < 4.78 is 15.7. The molecule has 0 saturated carbocycles. The van der Waals surface area contributed by atoms with Gasteiger partial charge in [0.2, 0.25) is 0 Å². The summed E-state index contributed by atoms with van der Waals surface area (Å²) in [5.74, 6) is 2.11. The molecule has 2 aromatic rings. The average molecular weight is 235 g/mol. The average Bonchev–Trinajstić information content (AvgIpc) is 3.09. The second-order valence-corrected chi connectivity index (χ2v) is 4.02. The minimum Gasteiger partial charge on any atom is -0.467 e. The first kappa shape index (κ1) is 10.5. The quantitative estimate of drug-likeness (QED) is 0.862. The first-order valence-electron chi connectivity index (χ1n) is 5.56. The van der Waals surface area contributed by atoms with Crippen molar-refractivity contribution in [2.45, 2.75) is 18.9 Å². The summed E-state index contributed by atoms with van der Waals surface area (Å²) in [6, 6.07) is 1.81. The van der Waals surface area contributed by atoms with Gasteiger partial charge in [-0.15, -0.1) is 0 Å². The molecule has 2 N–H and O–H groups in total. The maximum absolute atomic E-state index is 5.47. The number of nitrogens with two attached hydrogens (primary N) is 1. The molecule has 1 atom stereocenters. The van der Waals surface area contributed by atoms with Gasteiger partial charge in [0.1, 0.15) is 12.0 Å². The van der Waals surface area contributed by atoms with Crippen LogP contribution >= 0.6 is 0 Å². The van der Waals surface area contributed by atoms with Crippen molar-refractivity contribution in [2.75, 3.05) is 13.2 Å². The molecule has 0 radical (unpaired) electrons. The van der Waals surface area contributed by atoms with Gasteiger partial charge < -0.3 is 19.4 Å². The lowest BCUT2D eigenvalue weighted by Crippen LogP contribution is -1.99. The van der Waals surface area contributed by atoms with E-state index in [1.165, 1.54) is 0 Å². The highest BCUT2D eigenvalue weighted by molar-refractivity contribution is 5.51. The van der Waals surface area contributed by atoms with Crippen LogP contribution in [-0.2, 0) is 11.3 Å². The fraction of sp³-hybridized carbons (Fsp3) is 0.455. The SMILES string of the molecule is NCc1cc(-c2nc(C3CCOC3)no2)co1. The molecule has 1 aliphatic heterocycles. The molecule has 1 aliphatic rings. The number of ether oxygens (including phenoxy) is 1. The zero-order valence-electron chi connectivity index (χ0n) is 9.26. The van der Waals surface area contributed by atoms with Gasteiger partial charge in [-0.1, -0.05) is 5.16 Å². The molecular weight excluding hydrogens is 222 g/mol. The summed E-state index contributed by atoms with van der Waals surface area (Å²) in [6.07, 6.45) is 2.52. The zero-order valence-corrected chi connectivity index (χ0v) is 9.26. The van der Waals surface area contributed by atoms with E-state index in [0.29, 0.717) is 30.6 Å². The van der Waals surface area contributed by atoms with Gasteiger partial charge in [0.05, 0.1) is 18.7 Å². The van der Waals surface area contributed by atoms with E-state index in [1.54, 1.807) is 6.26 Å². The van der Waals surface area contributed by atoms with Crippen molar-refractivity contribution in [1.82, 2.24) is 10.1 Å². The van der Waals surface area contributed by atoms with Crippen LogP contribution in [0.25, 0.3) is 11.5 Å². The van der Waals surface area contributed by atoms with Crippen LogP contribution in [0.2, 0.25) is 0 Å². The van der Waals surface area contributed by atoms with Gasteiger partial charge in [-0.25, -0.2) is 0 Å². The number of hydrogen-bond acceptors (Lipinski definition) is 6. The number of rotatable bonds is 3. The van der Waals surface area contributed by atoms with Crippen molar-refractivity contribution in [3.63, 3.8) is 0 Å². The van der Waals surface area contributed by atoms with Crippen molar-refractivity contribution in [3.05, 3.63) is 23.9 Å². The molecule has 3 heterocycles. The Labute approximate surface area is 97.7 Å². The molecule has 0 bridgehead atoms. The topological polar surface area (TPSA) is 87.3 Å². The molecule has 1 unspecified atom stereocenters. The van der Waals surface area contributed by atoms with Crippen LogP contribution in [-0.4, -0.2) is 23.4 Å². The van der Waals surface area contributed by atoms with Crippen LogP contribution in [0.1, 0.15) is 23.9 Å². The Kier molecular flexibility index (Phi) is 2.66. The largest absolute Gasteiger partial charge is 0.467 e. The molecular formula is C11H13N3O3. The number of furan rings is 1. The maximum atomic E-state index is 5.47. The molecule has 3 rings (SSSR count). The van der Waals surface area contributed by atoms with E-state index in [0.717, 1.165) is 18.6 Å². The van der Waals surface area contributed by atoms with Gasteiger partial charge in [-0.2, -0.15) is 4.98 Å². The molecule has 2 aromatic heterocycles. The maximum Gasteiger partial charge on any atom is 0.261 e. The lowest BCUT2D eigenvalue weighted by atomic mass is 10.1. The Morgan fingerprint density at radius 2 is 2.41 bits per heavy atom. The third-order valence-electron chi connectivity index (χ3n) is 2.84. The summed E-state index contributed by atoms with van der Waals surface area (Å²) in [7, 11) is 0. The molecule has 0 aliphatic carbocycles. The number of nitrogens with zero attached hydrogens (tertiary/aromatic N) is 2. The van der Waals surface area contributed by atoms with Crippen LogP contribution in [0.4, 0.5) is 0 Å². The van der Waals surface area contributed by atoms with Crippen LogP contribution in [0.15, 0.2) is 21.3 Å². The highest BCUT2D eigenvalue weighted by atomic mass is 16.5. The molecule has 0 amide bonds. The van der Waals surface area contributed by atoms with Crippen LogP contribution in [0, 0.1) is 0 Å². The highest BCUT2D eigenvalue weighted by Crippen LogP contribution is 2.26. The van der Waals surface area contributed by atoms with E-state index in [1.807, 2.05) is 6.07 Å². The highest BCUT2D eigenvalue weighted by Gasteiger charge is 2.23. The zero-order chi connectivity index (χ0) is 11.7. The predicted molar refractivity (Wildman–Crippen MR) is 58.1 cm³/mol. The Morgan fingerprint density at radius 3 is 3.12 bits per heavy atom. The molecule has 0 spiro atoms. The summed E-state index contributed by atoms with van der Waals surface area (Å²) in [5, 5.41) is 3.97. The van der Waals surface area contributed by atoms with Crippen LogP contribution < -0.4 is 5.73 Å². The van der Waals surface area contributed by atoms with Crippen LogP contribution in [0.5, 0.6) is 0 Å². The second-order valence-electron chi connectivity index (χ2n) is 4.02. The number of aromatic nitrogens is 2. The second kappa shape index (κ2) is 4.31. The third-order valence-corrected chi connectivity index (χ3v) is 2.84. The van der Waals surface area contributed by atoms with E-state index in [2.05, 4.69) is 10.1 Å². The molecule has 17 heavy (non-hydrogen) atoms. The Hall–Kier alpha value is -1.66. The van der Waals surface area contributed by atoms with Crippen molar-refractivity contribution >= 4 is 0 Å². The lowest BCUT2D eigenvalue weighted by molar-refractivity contribution is 0.192. The van der Waals surface area contributed by atoms with Crippen molar-refractivity contribution in [3.8, 4) is 11.5 Å². The minimum absolute atomic E-state index is 0.244. The van der Waals surface area contributed by atoms with Gasteiger partial charge >= 0.3 is 0 Å². The van der Waals surface area contributed by atoms with E-state index in [9.17, 15) is 0 Å². The summed E-state index contributed by atoms with van der Waals surface area (Å²) >= 11 is 0. The van der Waals surface area contributed by atoms with Crippen molar-refractivity contribution in [1.29, 1.82) is 0 Å². The molecule has 1 fully saturated rings. The lowest BCUT2D eigenvalue weighted by Gasteiger charge is -1.97. The summed E-state index contributed by atoms with van der Waals surface area (Å²) in [5.41, 5.74) is 6.24. The predicted octanol–water partition coefficient (Wildman–Crippen LogP) is 1.29. The van der Waals surface area contributed by atoms with E-state index in [-0.39, 0.29) is 5.92 Å². The Morgan fingerprint density at radius 1 is 1.47 bits per heavy atom. The fourth-order valence-corrected chi connectivity index (χ4v) is 1.86. The van der Waals surface area contributed by atoms with Gasteiger partial charge in [0, 0.05) is 12.5 Å². The smallest absolute Gasteiger partial charge is 0.261 e. The van der Waals surface area contributed by atoms with Crippen LogP contribution in [0.3, 0.4) is 0 Å². The first-order chi connectivity index (χ1) is 8.36. The fourth-order valence-electron chi connectivity index (χ4n) is 1.86. The van der Waals surface area contributed by atoms with E-state index >= 15 is 0 Å². The van der Waals surface area contributed by atoms with Gasteiger partial charge in [-0.05, 0) is 12.5 Å². The molecule has 6 nitrogen and oxygen atoms in total.